The minimum atomic E-state index is 0.0373. The first-order chi connectivity index (χ1) is 8.24. The number of aryl methyl sites for hydroxylation is 1. The number of thiophene rings is 1. The summed E-state index contributed by atoms with van der Waals surface area (Å²) in [4.78, 5) is 12.7. The number of hydrogen-bond donors (Lipinski definition) is 2. The van der Waals surface area contributed by atoms with Gasteiger partial charge in [-0.1, -0.05) is 0 Å². The summed E-state index contributed by atoms with van der Waals surface area (Å²) in [5.41, 5.74) is 1.28. The number of rotatable bonds is 8. The highest BCUT2D eigenvalue weighted by Crippen LogP contribution is 2.14. The molecular formula is C12H20N2O2S. The van der Waals surface area contributed by atoms with Gasteiger partial charge in [-0.25, -0.2) is 0 Å². The Hall–Kier alpha value is -0.910. The second-order valence-electron chi connectivity index (χ2n) is 3.83. The lowest BCUT2D eigenvalue weighted by molar-refractivity contribution is -0.120. The van der Waals surface area contributed by atoms with E-state index < -0.39 is 0 Å². The highest BCUT2D eigenvalue weighted by atomic mass is 32.1. The Bertz CT molecular complexity index is 339. The Morgan fingerprint density at radius 2 is 2.35 bits per heavy atom. The number of ether oxygens (including phenoxy) is 1. The van der Waals surface area contributed by atoms with Crippen LogP contribution in [0.15, 0.2) is 11.4 Å². The third-order valence-corrected chi connectivity index (χ3v) is 3.41. The summed E-state index contributed by atoms with van der Waals surface area (Å²) in [6, 6.07) is 2.09. The SMILES string of the molecule is COCCCNC(=O)CNCc1sccc1C. The minimum Gasteiger partial charge on any atom is -0.385 e. The van der Waals surface area contributed by atoms with Gasteiger partial charge in [0.2, 0.25) is 5.91 Å². The number of nitrogens with one attached hydrogen (secondary N) is 2. The molecule has 1 amide bonds. The van der Waals surface area contributed by atoms with Crippen LogP contribution in [0.2, 0.25) is 0 Å². The predicted molar refractivity (Wildman–Crippen MR) is 70.3 cm³/mol. The minimum absolute atomic E-state index is 0.0373. The zero-order chi connectivity index (χ0) is 12.5. The molecule has 0 fully saturated rings. The molecule has 0 atom stereocenters. The molecule has 1 aromatic rings. The quantitative estimate of drug-likeness (QED) is 0.689. The van der Waals surface area contributed by atoms with Crippen LogP contribution in [0, 0.1) is 6.92 Å². The Balaban J connectivity index is 2.06. The van der Waals surface area contributed by atoms with E-state index >= 15 is 0 Å². The van der Waals surface area contributed by atoms with Gasteiger partial charge < -0.3 is 15.4 Å². The van der Waals surface area contributed by atoms with E-state index in [-0.39, 0.29) is 5.91 Å². The van der Waals surface area contributed by atoms with E-state index in [0.717, 1.165) is 13.0 Å². The van der Waals surface area contributed by atoms with E-state index in [0.29, 0.717) is 19.7 Å². The summed E-state index contributed by atoms with van der Waals surface area (Å²) in [5.74, 6) is 0.0373. The zero-order valence-corrected chi connectivity index (χ0v) is 11.2. The summed E-state index contributed by atoms with van der Waals surface area (Å²) in [6.07, 6.45) is 0.853. The summed E-state index contributed by atoms with van der Waals surface area (Å²) in [7, 11) is 1.66. The van der Waals surface area contributed by atoms with Crippen molar-refractivity contribution >= 4 is 17.2 Å². The summed E-state index contributed by atoms with van der Waals surface area (Å²) < 4.78 is 4.90. The van der Waals surface area contributed by atoms with Gasteiger partial charge in [0.25, 0.3) is 0 Å². The molecule has 17 heavy (non-hydrogen) atoms. The molecule has 0 radical (unpaired) electrons. The normalized spacial score (nSPS) is 10.5. The molecule has 0 spiro atoms. The van der Waals surface area contributed by atoms with Crippen molar-refractivity contribution in [2.45, 2.75) is 19.9 Å². The van der Waals surface area contributed by atoms with Crippen LogP contribution in [0.5, 0.6) is 0 Å². The van der Waals surface area contributed by atoms with Crippen LogP contribution in [0.3, 0.4) is 0 Å². The molecule has 0 aliphatic heterocycles. The second-order valence-corrected chi connectivity index (χ2v) is 4.83. The molecule has 1 heterocycles. The van der Waals surface area contributed by atoms with E-state index in [1.54, 1.807) is 18.4 Å². The van der Waals surface area contributed by atoms with E-state index in [1.807, 2.05) is 0 Å². The topological polar surface area (TPSA) is 50.4 Å². The fourth-order valence-corrected chi connectivity index (χ4v) is 2.26. The lowest BCUT2D eigenvalue weighted by Crippen LogP contribution is -2.34. The van der Waals surface area contributed by atoms with Crippen molar-refractivity contribution in [3.05, 3.63) is 21.9 Å². The number of amides is 1. The number of carbonyl (C=O) groups is 1. The molecule has 5 heteroatoms. The molecule has 4 nitrogen and oxygen atoms in total. The summed E-state index contributed by atoms with van der Waals surface area (Å²) in [5, 5.41) is 8.04. The Labute approximate surface area is 106 Å². The third-order valence-electron chi connectivity index (χ3n) is 2.39. The van der Waals surface area contributed by atoms with E-state index in [2.05, 4.69) is 29.0 Å². The maximum absolute atomic E-state index is 11.4. The fourth-order valence-electron chi connectivity index (χ4n) is 1.38. The van der Waals surface area contributed by atoms with Crippen molar-refractivity contribution in [3.63, 3.8) is 0 Å². The lowest BCUT2D eigenvalue weighted by atomic mass is 10.3. The molecule has 0 aliphatic rings. The second kappa shape index (κ2) is 8.22. The highest BCUT2D eigenvalue weighted by molar-refractivity contribution is 7.10. The number of hydrogen-bond acceptors (Lipinski definition) is 4. The van der Waals surface area contributed by atoms with Gasteiger partial charge in [-0.05, 0) is 30.4 Å². The molecule has 1 aromatic heterocycles. The number of carbonyl (C=O) groups excluding carboxylic acids is 1. The molecule has 96 valence electrons. The van der Waals surface area contributed by atoms with Crippen LogP contribution in [-0.2, 0) is 16.1 Å². The van der Waals surface area contributed by atoms with Gasteiger partial charge in [-0.3, -0.25) is 4.79 Å². The van der Waals surface area contributed by atoms with Gasteiger partial charge in [-0.15, -0.1) is 11.3 Å². The fraction of sp³-hybridized carbons (Fsp3) is 0.583. The smallest absolute Gasteiger partial charge is 0.233 e. The molecule has 0 aliphatic carbocycles. The molecule has 1 rings (SSSR count). The van der Waals surface area contributed by atoms with Gasteiger partial charge in [0.15, 0.2) is 0 Å². The molecule has 0 unspecified atom stereocenters. The highest BCUT2D eigenvalue weighted by Gasteiger charge is 2.02. The molecular weight excluding hydrogens is 236 g/mol. The Kier molecular flexibility index (Phi) is 6.84. The first-order valence-corrected chi connectivity index (χ1v) is 6.61. The molecule has 2 N–H and O–H groups in total. The van der Waals surface area contributed by atoms with Crippen LogP contribution in [0.1, 0.15) is 16.9 Å². The van der Waals surface area contributed by atoms with Gasteiger partial charge in [0, 0.05) is 31.7 Å². The Morgan fingerprint density at radius 1 is 1.53 bits per heavy atom. The maximum atomic E-state index is 11.4. The standard InChI is InChI=1S/C12H20N2O2S/c1-10-4-7-17-11(10)8-13-9-12(15)14-5-3-6-16-2/h4,7,13H,3,5-6,8-9H2,1-2H3,(H,14,15). The van der Waals surface area contributed by atoms with Gasteiger partial charge in [-0.2, -0.15) is 0 Å². The molecule has 0 saturated carbocycles. The van der Waals surface area contributed by atoms with Crippen molar-refractivity contribution in [2.24, 2.45) is 0 Å². The summed E-state index contributed by atoms with van der Waals surface area (Å²) in [6.45, 7) is 4.56. The zero-order valence-electron chi connectivity index (χ0n) is 10.4. The number of methoxy groups -OCH3 is 1. The van der Waals surface area contributed by atoms with Crippen LogP contribution < -0.4 is 10.6 Å². The van der Waals surface area contributed by atoms with Crippen LogP contribution in [-0.4, -0.2) is 32.7 Å². The molecule has 0 saturated heterocycles. The molecule has 0 bridgehead atoms. The third kappa shape index (κ3) is 5.81. The van der Waals surface area contributed by atoms with Gasteiger partial charge >= 0.3 is 0 Å². The van der Waals surface area contributed by atoms with E-state index in [1.165, 1.54) is 10.4 Å². The first kappa shape index (κ1) is 14.2. The van der Waals surface area contributed by atoms with E-state index in [9.17, 15) is 4.79 Å². The maximum Gasteiger partial charge on any atom is 0.233 e. The van der Waals surface area contributed by atoms with Crippen molar-refractivity contribution in [1.29, 1.82) is 0 Å². The average molecular weight is 256 g/mol. The van der Waals surface area contributed by atoms with Crippen LogP contribution in [0.4, 0.5) is 0 Å². The van der Waals surface area contributed by atoms with E-state index in [4.69, 9.17) is 4.74 Å². The first-order valence-electron chi connectivity index (χ1n) is 5.73. The van der Waals surface area contributed by atoms with Gasteiger partial charge in [0.1, 0.15) is 0 Å². The van der Waals surface area contributed by atoms with Gasteiger partial charge in [0.05, 0.1) is 6.54 Å². The predicted octanol–water partition coefficient (Wildman–Crippen LogP) is 1.30. The van der Waals surface area contributed by atoms with Crippen molar-refractivity contribution in [2.75, 3.05) is 26.8 Å². The van der Waals surface area contributed by atoms with Crippen LogP contribution >= 0.6 is 11.3 Å². The monoisotopic (exact) mass is 256 g/mol. The molecule has 0 aromatic carbocycles. The van der Waals surface area contributed by atoms with Crippen molar-refractivity contribution in [1.82, 2.24) is 10.6 Å². The van der Waals surface area contributed by atoms with Crippen molar-refractivity contribution in [3.8, 4) is 0 Å². The summed E-state index contributed by atoms with van der Waals surface area (Å²) >= 11 is 1.71. The lowest BCUT2D eigenvalue weighted by Gasteiger charge is -2.06. The largest absolute Gasteiger partial charge is 0.385 e. The Morgan fingerprint density at radius 3 is 3.00 bits per heavy atom. The van der Waals surface area contributed by atoms with Crippen LogP contribution in [0.25, 0.3) is 0 Å². The average Bonchev–Trinajstić information content (AvgIpc) is 2.71. The van der Waals surface area contributed by atoms with Crippen molar-refractivity contribution < 1.29 is 9.53 Å².